The molecule has 66 valence electrons. The Morgan fingerprint density at radius 1 is 1.23 bits per heavy atom. The quantitative estimate of drug-likeness (QED) is 0.567. The zero-order valence-electron chi connectivity index (χ0n) is 6.51. The van der Waals surface area contributed by atoms with Gasteiger partial charge in [-0.05, 0) is 0 Å². The molecule has 1 heterocycles. The summed E-state index contributed by atoms with van der Waals surface area (Å²) in [5.74, 6) is 0.226. The molecule has 4 nitrogen and oxygen atoms in total. The first-order valence-corrected chi connectivity index (χ1v) is 5.32. The number of phenols is 2. The van der Waals surface area contributed by atoms with Gasteiger partial charge in [0.05, 0.1) is 0 Å². The van der Waals surface area contributed by atoms with Gasteiger partial charge >= 0.3 is 80.0 Å². The van der Waals surface area contributed by atoms with E-state index < -0.39 is 0 Å². The summed E-state index contributed by atoms with van der Waals surface area (Å²) in [7, 11) is 0. The fraction of sp³-hybridized carbons (Fsp3) is 0. The van der Waals surface area contributed by atoms with E-state index in [1.807, 2.05) is 4.94 Å². The van der Waals surface area contributed by atoms with Crippen molar-refractivity contribution in [1.29, 1.82) is 0 Å². The van der Waals surface area contributed by atoms with Crippen molar-refractivity contribution >= 4 is 14.7 Å². The Bertz CT molecular complexity index is 414. The summed E-state index contributed by atoms with van der Waals surface area (Å²) in [5, 5.41) is 22.5. The van der Waals surface area contributed by atoms with Crippen LogP contribution in [0.1, 0.15) is 0 Å². The van der Waals surface area contributed by atoms with Crippen molar-refractivity contribution in [2.24, 2.45) is 0 Å². The molecule has 2 N–H and O–H groups in total. The van der Waals surface area contributed by atoms with Crippen LogP contribution < -0.4 is 0 Å². The standard InChI is InChI=1S/C8H6N2O2Se/c11-5-1-2-8(12)6(3-5)7-4-13-10-9-7/h1-4,11-12H. The summed E-state index contributed by atoms with van der Waals surface area (Å²) in [6.07, 6.45) is 0. The second-order valence-electron chi connectivity index (χ2n) is 2.49. The van der Waals surface area contributed by atoms with Gasteiger partial charge in [0.1, 0.15) is 0 Å². The molecule has 0 saturated heterocycles. The van der Waals surface area contributed by atoms with Crippen molar-refractivity contribution in [3.8, 4) is 22.8 Å². The molecular formula is C8H6N2O2Se. The Morgan fingerprint density at radius 2 is 2.08 bits per heavy atom. The van der Waals surface area contributed by atoms with E-state index in [1.54, 1.807) is 0 Å². The molecule has 0 bridgehead atoms. The number of aromatic hydroxyl groups is 2. The van der Waals surface area contributed by atoms with Crippen LogP contribution in [0.4, 0.5) is 0 Å². The van der Waals surface area contributed by atoms with Crippen molar-refractivity contribution in [2.75, 3.05) is 0 Å². The van der Waals surface area contributed by atoms with Crippen LogP contribution >= 0.6 is 0 Å². The van der Waals surface area contributed by atoms with Gasteiger partial charge in [-0.15, -0.1) is 0 Å². The van der Waals surface area contributed by atoms with E-state index in [1.165, 1.54) is 18.2 Å². The number of hydrogen-bond donors (Lipinski definition) is 2. The molecule has 0 radical (unpaired) electrons. The van der Waals surface area contributed by atoms with Crippen molar-refractivity contribution in [2.45, 2.75) is 0 Å². The Labute approximate surface area is 80.5 Å². The molecule has 5 heteroatoms. The minimum absolute atomic E-state index is 0.0350. The SMILES string of the molecule is Oc1ccc(O)c(-c2c[se]nn2)c1. The maximum absolute atomic E-state index is 9.45. The van der Waals surface area contributed by atoms with E-state index >= 15 is 0 Å². The Hall–Kier alpha value is -1.32. The molecule has 13 heavy (non-hydrogen) atoms. The van der Waals surface area contributed by atoms with E-state index in [0.29, 0.717) is 11.3 Å². The summed E-state index contributed by atoms with van der Waals surface area (Å²) in [6, 6.07) is 4.34. The summed E-state index contributed by atoms with van der Waals surface area (Å²) in [5.41, 5.74) is 1.16. The molecule has 0 saturated carbocycles. The van der Waals surface area contributed by atoms with Crippen molar-refractivity contribution in [3.05, 3.63) is 23.1 Å². The molecule has 0 aliphatic rings. The molecule has 0 fully saturated rings. The van der Waals surface area contributed by atoms with Gasteiger partial charge < -0.3 is 0 Å². The topological polar surface area (TPSA) is 66.2 Å². The molecule has 0 unspecified atom stereocenters. The summed E-state index contributed by atoms with van der Waals surface area (Å²) >= 11 is 0.0350. The Balaban J connectivity index is 2.57. The van der Waals surface area contributed by atoms with E-state index in [0.717, 1.165) is 0 Å². The van der Waals surface area contributed by atoms with Gasteiger partial charge in [0.2, 0.25) is 0 Å². The third-order valence-corrected chi connectivity index (χ3v) is 2.67. The molecule has 0 aliphatic carbocycles. The van der Waals surface area contributed by atoms with Crippen LogP contribution in [0.3, 0.4) is 0 Å². The monoisotopic (exact) mass is 242 g/mol. The van der Waals surface area contributed by atoms with Crippen LogP contribution in [-0.4, -0.2) is 34.1 Å². The second-order valence-corrected chi connectivity index (χ2v) is 3.77. The summed E-state index contributed by atoms with van der Waals surface area (Å²) in [4.78, 5) is 1.85. The summed E-state index contributed by atoms with van der Waals surface area (Å²) < 4.78 is 3.81. The van der Waals surface area contributed by atoms with E-state index in [4.69, 9.17) is 0 Å². The van der Waals surface area contributed by atoms with Gasteiger partial charge in [-0.2, -0.15) is 0 Å². The number of hydrogen-bond acceptors (Lipinski definition) is 4. The Kier molecular flexibility index (Phi) is 2.04. The van der Waals surface area contributed by atoms with Gasteiger partial charge in [-0.3, -0.25) is 0 Å². The van der Waals surface area contributed by atoms with Crippen LogP contribution in [0.5, 0.6) is 11.5 Å². The molecule has 2 rings (SSSR count). The first-order chi connectivity index (χ1) is 6.27. The predicted octanol–water partition coefficient (Wildman–Crippen LogP) is 0.612. The molecule has 0 amide bonds. The normalized spacial score (nSPS) is 10.2. The fourth-order valence-electron chi connectivity index (χ4n) is 1.01. The molecule has 2 aromatic rings. The van der Waals surface area contributed by atoms with Crippen LogP contribution in [0.2, 0.25) is 0 Å². The first-order valence-electron chi connectivity index (χ1n) is 3.57. The zero-order chi connectivity index (χ0) is 9.26. The number of benzene rings is 1. The first kappa shape index (κ1) is 8.29. The predicted molar refractivity (Wildman–Crippen MR) is 47.7 cm³/mol. The average molecular weight is 241 g/mol. The number of aromatic nitrogens is 2. The molecule has 0 spiro atoms. The Morgan fingerprint density at radius 3 is 2.77 bits per heavy atom. The van der Waals surface area contributed by atoms with Gasteiger partial charge in [-0.25, -0.2) is 0 Å². The molecule has 1 aromatic heterocycles. The number of rotatable bonds is 1. The summed E-state index contributed by atoms with van der Waals surface area (Å²) in [6.45, 7) is 0. The van der Waals surface area contributed by atoms with Crippen molar-refractivity contribution in [3.63, 3.8) is 0 Å². The van der Waals surface area contributed by atoms with Gasteiger partial charge in [0.25, 0.3) is 0 Å². The van der Waals surface area contributed by atoms with Crippen LogP contribution in [0.25, 0.3) is 11.3 Å². The van der Waals surface area contributed by atoms with Crippen LogP contribution in [0.15, 0.2) is 23.1 Å². The van der Waals surface area contributed by atoms with Crippen molar-refractivity contribution < 1.29 is 10.2 Å². The third kappa shape index (κ3) is 1.56. The minimum atomic E-state index is 0.0350. The van der Waals surface area contributed by atoms with E-state index in [9.17, 15) is 10.2 Å². The number of nitrogens with zero attached hydrogens (tertiary/aromatic N) is 2. The number of phenolic OH excluding ortho intramolecular Hbond substituents is 2. The van der Waals surface area contributed by atoms with Gasteiger partial charge in [0, 0.05) is 0 Å². The van der Waals surface area contributed by atoms with Crippen molar-refractivity contribution in [1.82, 2.24) is 9.19 Å². The van der Waals surface area contributed by atoms with Gasteiger partial charge in [-0.1, -0.05) is 0 Å². The molecular weight excluding hydrogens is 235 g/mol. The van der Waals surface area contributed by atoms with Gasteiger partial charge in [0.15, 0.2) is 0 Å². The fourth-order valence-corrected chi connectivity index (χ4v) is 1.97. The van der Waals surface area contributed by atoms with Crippen LogP contribution in [-0.2, 0) is 0 Å². The van der Waals surface area contributed by atoms with E-state index in [-0.39, 0.29) is 26.2 Å². The third-order valence-electron chi connectivity index (χ3n) is 1.62. The van der Waals surface area contributed by atoms with Crippen LogP contribution in [0, 0.1) is 0 Å². The van der Waals surface area contributed by atoms with E-state index in [2.05, 4.69) is 9.19 Å². The molecule has 0 atom stereocenters. The molecule has 1 aromatic carbocycles. The molecule has 0 aliphatic heterocycles. The maximum atomic E-state index is 9.45. The second kappa shape index (κ2) is 3.20. The average Bonchev–Trinajstić information content (AvgIpc) is 2.61. The zero-order valence-corrected chi connectivity index (χ0v) is 8.22.